The minimum Gasteiger partial charge on any atom is -0.368 e. The number of nitrogens with two attached hydrogens (primary N) is 1. The van der Waals surface area contributed by atoms with Gasteiger partial charge in [-0.25, -0.2) is 15.8 Å². The van der Waals surface area contributed by atoms with Crippen molar-refractivity contribution in [3.8, 4) is 0 Å². The van der Waals surface area contributed by atoms with Crippen LogP contribution in [0.25, 0.3) is 0 Å². The Morgan fingerprint density at radius 3 is 2.67 bits per heavy atom. The Morgan fingerprint density at radius 2 is 2.17 bits per heavy atom. The third kappa shape index (κ3) is 2.62. The molecule has 1 unspecified atom stereocenters. The Bertz CT molecular complexity index is 419. The van der Waals surface area contributed by atoms with Crippen molar-refractivity contribution >= 4 is 5.82 Å². The Morgan fingerprint density at radius 1 is 1.44 bits per heavy atom. The predicted octanol–water partition coefficient (Wildman–Crippen LogP) is 2.30. The van der Waals surface area contributed by atoms with Gasteiger partial charge in [-0.2, -0.15) is 0 Å². The molecule has 0 amide bonds. The monoisotopic (exact) mass is 250 g/mol. The minimum absolute atomic E-state index is 0.439. The summed E-state index contributed by atoms with van der Waals surface area (Å²) in [5, 5.41) is 0. The Labute approximate surface area is 108 Å². The van der Waals surface area contributed by atoms with Gasteiger partial charge in [0.25, 0.3) is 0 Å². The number of aromatic nitrogens is 2. The molecule has 100 valence electrons. The van der Waals surface area contributed by atoms with Gasteiger partial charge in [-0.05, 0) is 33.1 Å². The van der Waals surface area contributed by atoms with E-state index in [0.29, 0.717) is 18.3 Å². The van der Waals surface area contributed by atoms with Gasteiger partial charge in [-0.1, -0.05) is 6.92 Å². The molecule has 1 heterocycles. The van der Waals surface area contributed by atoms with Crippen molar-refractivity contribution < 1.29 is 4.74 Å². The number of hydrogen-bond donors (Lipinski definition) is 2. The van der Waals surface area contributed by atoms with Crippen molar-refractivity contribution in [3.05, 3.63) is 17.6 Å². The lowest BCUT2D eigenvalue weighted by atomic mass is 10.0. The standard InChI is InChI=1S/C13H22N4O/c1-4-13(3,18-5-2)12-15-10(9-6-7-9)8-11(16-12)17-14/h8-9H,4-7,14H2,1-3H3,(H,15,16,17). The number of nitrogen functional groups attached to an aromatic ring is 1. The molecular weight excluding hydrogens is 228 g/mol. The summed E-state index contributed by atoms with van der Waals surface area (Å²) < 4.78 is 5.83. The lowest BCUT2D eigenvalue weighted by molar-refractivity contribution is -0.0390. The van der Waals surface area contributed by atoms with Gasteiger partial charge in [0.15, 0.2) is 5.82 Å². The van der Waals surface area contributed by atoms with Gasteiger partial charge in [-0.15, -0.1) is 0 Å². The molecule has 0 saturated heterocycles. The predicted molar refractivity (Wildman–Crippen MR) is 71.1 cm³/mol. The van der Waals surface area contributed by atoms with E-state index < -0.39 is 5.60 Å². The van der Waals surface area contributed by atoms with E-state index in [9.17, 15) is 0 Å². The fourth-order valence-corrected chi connectivity index (χ4v) is 2.01. The fourth-order valence-electron chi connectivity index (χ4n) is 2.01. The molecule has 1 saturated carbocycles. The van der Waals surface area contributed by atoms with Crippen molar-refractivity contribution in [2.24, 2.45) is 5.84 Å². The first kappa shape index (κ1) is 13.2. The van der Waals surface area contributed by atoms with Gasteiger partial charge < -0.3 is 10.2 Å². The maximum Gasteiger partial charge on any atom is 0.162 e. The molecule has 3 N–H and O–H groups in total. The molecule has 18 heavy (non-hydrogen) atoms. The number of anilines is 1. The lowest BCUT2D eigenvalue weighted by Crippen LogP contribution is -2.29. The molecule has 0 spiro atoms. The van der Waals surface area contributed by atoms with Crippen molar-refractivity contribution in [1.82, 2.24) is 9.97 Å². The number of nitrogens with one attached hydrogen (secondary N) is 1. The zero-order valence-electron chi connectivity index (χ0n) is 11.4. The summed E-state index contributed by atoms with van der Waals surface area (Å²) in [6, 6.07) is 1.93. The van der Waals surface area contributed by atoms with Gasteiger partial charge in [0.2, 0.25) is 0 Å². The van der Waals surface area contributed by atoms with Crippen LogP contribution in [0.3, 0.4) is 0 Å². The van der Waals surface area contributed by atoms with E-state index in [0.717, 1.165) is 17.9 Å². The first-order valence-corrected chi connectivity index (χ1v) is 6.63. The SMILES string of the molecule is CCOC(C)(CC)c1nc(NN)cc(C2CC2)n1. The third-order valence-corrected chi connectivity index (χ3v) is 3.50. The highest BCUT2D eigenvalue weighted by Gasteiger charge is 2.32. The minimum atomic E-state index is -0.439. The van der Waals surface area contributed by atoms with Gasteiger partial charge in [0, 0.05) is 24.3 Å². The maximum atomic E-state index is 5.83. The second-order valence-corrected chi connectivity index (χ2v) is 4.94. The van der Waals surface area contributed by atoms with Crippen LogP contribution in [-0.2, 0) is 10.3 Å². The van der Waals surface area contributed by atoms with Crippen molar-refractivity contribution in [1.29, 1.82) is 0 Å². The van der Waals surface area contributed by atoms with Crippen LogP contribution in [0.1, 0.15) is 57.5 Å². The van der Waals surface area contributed by atoms with Crippen molar-refractivity contribution in [2.75, 3.05) is 12.0 Å². The van der Waals surface area contributed by atoms with Crippen LogP contribution in [0.5, 0.6) is 0 Å². The molecule has 1 aliphatic carbocycles. The Balaban J connectivity index is 2.38. The average Bonchev–Trinajstić information content (AvgIpc) is 3.22. The zero-order valence-corrected chi connectivity index (χ0v) is 11.4. The second-order valence-electron chi connectivity index (χ2n) is 4.94. The second kappa shape index (κ2) is 5.20. The summed E-state index contributed by atoms with van der Waals surface area (Å²) in [7, 11) is 0. The largest absolute Gasteiger partial charge is 0.368 e. The summed E-state index contributed by atoms with van der Waals surface area (Å²) in [4.78, 5) is 9.12. The van der Waals surface area contributed by atoms with Gasteiger partial charge in [0.05, 0.1) is 0 Å². The number of hydrogen-bond acceptors (Lipinski definition) is 5. The highest BCUT2D eigenvalue weighted by molar-refractivity contribution is 5.37. The summed E-state index contributed by atoms with van der Waals surface area (Å²) in [6.07, 6.45) is 3.24. The van der Waals surface area contributed by atoms with Crippen LogP contribution in [-0.4, -0.2) is 16.6 Å². The molecular formula is C13H22N4O. The Hall–Kier alpha value is -1.20. The smallest absolute Gasteiger partial charge is 0.162 e. The van der Waals surface area contributed by atoms with Gasteiger partial charge in [0.1, 0.15) is 11.4 Å². The van der Waals surface area contributed by atoms with Crippen LogP contribution in [0.15, 0.2) is 6.07 Å². The van der Waals surface area contributed by atoms with E-state index >= 15 is 0 Å². The first-order chi connectivity index (χ1) is 8.62. The topological polar surface area (TPSA) is 73.1 Å². The maximum absolute atomic E-state index is 5.83. The molecule has 5 nitrogen and oxygen atoms in total. The zero-order chi connectivity index (χ0) is 13.2. The lowest BCUT2D eigenvalue weighted by Gasteiger charge is -2.27. The van der Waals surface area contributed by atoms with Crippen LogP contribution >= 0.6 is 0 Å². The molecule has 1 fully saturated rings. The highest BCUT2D eigenvalue weighted by atomic mass is 16.5. The summed E-state index contributed by atoms with van der Waals surface area (Å²) in [6.45, 7) is 6.74. The molecule has 0 bridgehead atoms. The average molecular weight is 250 g/mol. The number of ether oxygens (including phenoxy) is 1. The van der Waals surface area contributed by atoms with Crippen molar-refractivity contribution in [3.63, 3.8) is 0 Å². The molecule has 0 radical (unpaired) electrons. The molecule has 1 aliphatic rings. The van der Waals surface area contributed by atoms with E-state index in [1.165, 1.54) is 12.8 Å². The molecule has 1 aromatic heterocycles. The normalized spacial score (nSPS) is 18.4. The van der Waals surface area contributed by atoms with E-state index in [1.807, 2.05) is 19.9 Å². The highest BCUT2D eigenvalue weighted by Crippen LogP contribution is 2.40. The van der Waals surface area contributed by atoms with Crippen LogP contribution in [0.2, 0.25) is 0 Å². The molecule has 0 aliphatic heterocycles. The van der Waals surface area contributed by atoms with E-state index in [1.54, 1.807) is 0 Å². The number of nitrogens with zero attached hydrogens (tertiary/aromatic N) is 2. The van der Waals surface area contributed by atoms with Crippen molar-refractivity contribution in [2.45, 2.75) is 51.6 Å². The van der Waals surface area contributed by atoms with Gasteiger partial charge >= 0.3 is 0 Å². The molecule has 2 rings (SSSR count). The Kier molecular flexibility index (Phi) is 3.82. The van der Waals surface area contributed by atoms with Crippen LogP contribution in [0.4, 0.5) is 5.82 Å². The van der Waals surface area contributed by atoms with Crippen LogP contribution < -0.4 is 11.3 Å². The number of rotatable bonds is 6. The van der Waals surface area contributed by atoms with Gasteiger partial charge in [-0.3, -0.25) is 0 Å². The van der Waals surface area contributed by atoms with Crippen LogP contribution in [0, 0.1) is 0 Å². The summed E-state index contributed by atoms with van der Waals surface area (Å²) >= 11 is 0. The third-order valence-electron chi connectivity index (χ3n) is 3.50. The van der Waals surface area contributed by atoms with E-state index in [2.05, 4.69) is 22.3 Å². The first-order valence-electron chi connectivity index (χ1n) is 6.63. The molecule has 0 aromatic carbocycles. The quantitative estimate of drug-likeness (QED) is 0.598. The number of hydrazine groups is 1. The fraction of sp³-hybridized carbons (Fsp3) is 0.692. The van der Waals surface area contributed by atoms with E-state index in [4.69, 9.17) is 10.6 Å². The molecule has 1 atom stereocenters. The molecule has 5 heteroatoms. The summed E-state index contributed by atoms with van der Waals surface area (Å²) in [5.74, 6) is 7.45. The molecule has 1 aromatic rings. The van der Waals surface area contributed by atoms with E-state index in [-0.39, 0.29) is 0 Å². The summed E-state index contributed by atoms with van der Waals surface area (Å²) in [5.41, 5.74) is 3.26.